The third kappa shape index (κ3) is 3.63. The van der Waals surface area contributed by atoms with Crippen LogP contribution in [0.4, 0.5) is 5.69 Å². The van der Waals surface area contributed by atoms with E-state index < -0.39 is 0 Å². The highest BCUT2D eigenvalue weighted by Gasteiger charge is 1.98. The molecule has 0 bridgehead atoms. The van der Waals surface area contributed by atoms with Gasteiger partial charge < -0.3 is 5.32 Å². The SMILES string of the molecule is CCc1ccccc1NCCCc1ccccc1. The Morgan fingerprint density at radius 2 is 1.61 bits per heavy atom. The molecule has 0 aromatic heterocycles. The fourth-order valence-corrected chi connectivity index (χ4v) is 2.16. The van der Waals surface area contributed by atoms with Gasteiger partial charge in [0.1, 0.15) is 0 Å². The summed E-state index contributed by atoms with van der Waals surface area (Å²) in [5, 5.41) is 3.53. The number of nitrogens with one attached hydrogen (secondary N) is 1. The highest BCUT2D eigenvalue weighted by Crippen LogP contribution is 2.15. The van der Waals surface area contributed by atoms with Gasteiger partial charge in [0, 0.05) is 12.2 Å². The number of aryl methyl sites for hydroxylation is 2. The van der Waals surface area contributed by atoms with Crippen molar-refractivity contribution < 1.29 is 0 Å². The van der Waals surface area contributed by atoms with E-state index in [-0.39, 0.29) is 0 Å². The van der Waals surface area contributed by atoms with Gasteiger partial charge in [-0.05, 0) is 36.5 Å². The van der Waals surface area contributed by atoms with Crippen molar-refractivity contribution in [1.29, 1.82) is 0 Å². The van der Waals surface area contributed by atoms with Crippen LogP contribution in [0.2, 0.25) is 0 Å². The number of anilines is 1. The molecule has 0 saturated carbocycles. The number of benzene rings is 2. The maximum absolute atomic E-state index is 3.53. The summed E-state index contributed by atoms with van der Waals surface area (Å²) in [5.74, 6) is 0. The highest BCUT2D eigenvalue weighted by atomic mass is 14.9. The lowest BCUT2D eigenvalue weighted by Crippen LogP contribution is -2.05. The standard InChI is InChI=1S/C17H21N/c1-2-16-12-6-7-13-17(16)18-14-8-11-15-9-4-3-5-10-15/h3-7,9-10,12-13,18H,2,8,11,14H2,1H3. The van der Waals surface area contributed by atoms with E-state index in [0.717, 1.165) is 19.4 Å². The lowest BCUT2D eigenvalue weighted by atomic mass is 10.1. The molecule has 0 saturated heterocycles. The summed E-state index contributed by atoms with van der Waals surface area (Å²) in [6, 6.07) is 19.2. The third-order valence-corrected chi connectivity index (χ3v) is 3.20. The summed E-state index contributed by atoms with van der Waals surface area (Å²) in [5.41, 5.74) is 4.10. The van der Waals surface area contributed by atoms with Gasteiger partial charge in [0.05, 0.1) is 0 Å². The molecule has 94 valence electrons. The molecule has 1 heteroatoms. The summed E-state index contributed by atoms with van der Waals surface area (Å²) in [4.78, 5) is 0. The van der Waals surface area contributed by atoms with E-state index in [9.17, 15) is 0 Å². The Kier molecular flexibility index (Phi) is 4.83. The zero-order chi connectivity index (χ0) is 12.6. The lowest BCUT2D eigenvalue weighted by Gasteiger charge is -2.10. The van der Waals surface area contributed by atoms with Gasteiger partial charge in [-0.25, -0.2) is 0 Å². The van der Waals surface area contributed by atoms with Gasteiger partial charge in [0.15, 0.2) is 0 Å². The molecule has 2 aromatic rings. The molecule has 0 heterocycles. The van der Waals surface area contributed by atoms with Gasteiger partial charge in [-0.15, -0.1) is 0 Å². The first kappa shape index (κ1) is 12.7. The van der Waals surface area contributed by atoms with Crippen LogP contribution in [0.5, 0.6) is 0 Å². The van der Waals surface area contributed by atoms with Gasteiger partial charge in [-0.2, -0.15) is 0 Å². The minimum absolute atomic E-state index is 1.03. The molecule has 2 rings (SSSR count). The molecule has 0 aliphatic carbocycles. The Balaban J connectivity index is 1.78. The number of hydrogen-bond acceptors (Lipinski definition) is 1. The minimum atomic E-state index is 1.03. The zero-order valence-electron chi connectivity index (χ0n) is 11.0. The highest BCUT2D eigenvalue weighted by molar-refractivity contribution is 5.50. The predicted molar refractivity (Wildman–Crippen MR) is 79.1 cm³/mol. The molecule has 18 heavy (non-hydrogen) atoms. The molecule has 0 spiro atoms. The molecule has 0 aliphatic heterocycles. The Morgan fingerprint density at radius 3 is 2.39 bits per heavy atom. The smallest absolute Gasteiger partial charge is 0.0372 e. The van der Waals surface area contributed by atoms with Crippen LogP contribution in [-0.2, 0) is 12.8 Å². The summed E-state index contributed by atoms with van der Waals surface area (Å²) < 4.78 is 0. The van der Waals surface area contributed by atoms with Crippen LogP contribution >= 0.6 is 0 Å². The van der Waals surface area contributed by atoms with E-state index in [4.69, 9.17) is 0 Å². The van der Waals surface area contributed by atoms with Crippen molar-refractivity contribution in [2.24, 2.45) is 0 Å². The van der Waals surface area contributed by atoms with Crippen molar-refractivity contribution in [3.63, 3.8) is 0 Å². The summed E-state index contributed by atoms with van der Waals surface area (Å²) in [6.07, 6.45) is 3.39. The number of para-hydroxylation sites is 1. The van der Waals surface area contributed by atoms with Gasteiger partial charge in [-0.1, -0.05) is 55.5 Å². The van der Waals surface area contributed by atoms with Gasteiger partial charge in [0.25, 0.3) is 0 Å². The minimum Gasteiger partial charge on any atom is -0.385 e. The van der Waals surface area contributed by atoms with Crippen molar-refractivity contribution in [1.82, 2.24) is 0 Å². The largest absolute Gasteiger partial charge is 0.385 e. The van der Waals surface area contributed by atoms with Crippen LogP contribution < -0.4 is 5.32 Å². The maximum atomic E-state index is 3.53. The average molecular weight is 239 g/mol. The normalized spacial score (nSPS) is 10.3. The molecule has 0 fully saturated rings. The van der Waals surface area contributed by atoms with Gasteiger partial charge in [0.2, 0.25) is 0 Å². The van der Waals surface area contributed by atoms with Crippen LogP contribution in [-0.4, -0.2) is 6.54 Å². The molecular formula is C17H21N. The Morgan fingerprint density at radius 1 is 0.889 bits per heavy atom. The first-order chi connectivity index (χ1) is 8.90. The van der Waals surface area contributed by atoms with Crippen molar-refractivity contribution >= 4 is 5.69 Å². The molecule has 0 amide bonds. The maximum Gasteiger partial charge on any atom is 0.0372 e. The van der Waals surface area contributed by atoms with E-state index in [1.807, 2.05) is 0 Å². The third-order valence-electron chi connectivity index (χ3n) is 3.20. The van der Waals surface area contributed by atoms with E-state index in [1.54, 1.807) is 0 Å². The monoisotopic (exact) mass is 239 g/mol. The Hall–Kier alpha value is -1.76. The van der Waals surface area contributed by atoms with Gasteiger partial charge in [-0.3, -0.25) is 0 Å². The summed E-state index contributed by atoms with van der Waals surface area (Å²) in [6.45, 7) is 3.23. The van der Waals surface area contributed by atoms with Crippen molar-refractivity contribution in [3.05, 3.63) is 65.7 Å². The van der Waals surface area contributed by atoms with Crippen molar-refractivity contribution in [3.8, 4) is 0 Å². The van der Waals surface area contributed by atoms with E-state index in [1.165, 1.54) is 23.2 Å². The van der Waals surface area contributed by atoms with Crippen molar-refractivity contribution in [2.75, 3.05) is 11.9 Å². The van der Waals surface area contributed by atoms with Gasteiger partial charge >= 0.3 is 0 Å². The van der Waals surface area contributed by atoms with Crippen LogP contribution in [0.15, 0.2) is 54.6 Å². The van der Waals surface area contributed by atoms with Crippen LogP contribution in [0.3, 0.4) is 0 Å². The van der Waals surface area contributed by atoms with Crippen molar-refractivity contribution in [2.45, 2.75) is 26.2 Å². The molecule has 1 nitrogen and oxygen atoms in total. The first-order valence-corrected chi connectivity index (χ1v) is 6.76. The topological polar surface area (TPSA) is 12.0 Å². The average Bonchev–Trinajstić information content (AvgIpc) is 2.45. The molecule has 0 radical (unpaired) electrons. The zero-order valence-corrected chi connectivity index (χ0v) is 11.0. The molecule has 1 N–H and O–H groups in total. The van der Waals surface area contributed by atoms with Crippen LogP contribution in [0, 0.1) is 0 Å². The molecule has 0 aliphatic rings. The fraction of sp³-hybridized carbons (Fsp3) is 0.294. The molecular weight excluding hydrogens is 218 g/mol. The Bertz CT molecular complexity index is 462. The molecule has 0 unspecified atom stereocenters. The summed E-state index contributed by atoms with van der Waals surface area (Å²) in [7, 11) is 0. The second-order valence-electron chi connectivity index (χ2n) is 4.53. The Labute approximate surface area is 110 Å². The predicted octanol–water partition coefficient (Wildman–Crippen LogP) is 4.29. The number of hydrogen-bond donors (Lipinski definition) is 1. The van der Waals surface area contributed by atoms with Crippen LogP contribution in [0.1, 0.15) is 24.5 Å². The molecule has 0 atom stereocenters. The quantitative estimate of drug-likeness (QED) is 0.741. The first-order valence-electron chi connectivity index (χ1n) is 6.76. The van der Waals surface area contributed by atoms with Crippen LogP contribution in [0.25, 0.3) is 0 Å². The lowest BCUT2D eigenvalue weighted by molar-refractivity contribution is 0.861. The summed E-state index contributed by atoms with van der Waals surface area (Å²) >= 11 is 0. The van der Waals surface area contributed by atoms with E-state index in [0.29, 0.717) is 0 Å². The molecule has 2 aromatic carbocycles. The van der Waals surface area contributed by atoms with E-state index >= 15 is 0 Å². The number of rotatable bonds is 6. The second-order valence-corrected chi connectivity index (χ2v) is 4.53. The van der Waals surface area contributed by atoms with E-state index in [2.05, 4.69) is 66.8 Å². The second kappa shape index (κ2) is 6.85. The fourth-order valence-electron chi connectivity index (χ4n) is 2.16.